The van der Waals surface area contributed by atoms with Crippen molar-refractivity contribution in [3.63, 3.8) is 0 Å². The number of aliphatic hydroxyl groups excluding tert-OH is 1. The molecule has 1 saturated carbocycles. The second-order valence-electron chi connectivity index (χ2n) is 3.32. The minimum Gasteiger partial charge on any atom is -0.379 e. The summed E-state index contributed by atoms with van der Waals surface area (Å²) in [6.07, 6.45) is -5.20. The number of hydrogen-bond acceptors (Lipinski definition) is 3. The van der Waals surface area contributed by atoms with Crippen molar-refractivity contribution in [2.45, 2.75) is 31.0 Å². The van der Waals surface area contributed by atoms with Crippen LogP contribution in [0.1, 0.15) is 35.4 Å². The van der Waals surface area contributed by atoms with Gasteiger partial charge in [0.25, 0.3) is 0 Å². The zero-order valence-electron chi connectivity index (χ0n) is 7.08. The molecule has 2 nitrogen and oxygen atoms in total. The molecule has 14 heavy (non-hydrogen) atoms. The number of alkyl halides is 3. The summed E-state index contributed by atoms with van der Waals surface area (Å²) in [5.74, 6) is 0.133. The molecule has 0 saturated heterocycles. The SMILES string of the molecule is OC(c1scnc1C1CC1)C(F)(F)F. The molecule has 78 valence electrons. The minimum absolute atomic E-state index is 0.0417. The van der Waals surface area contributed by atoms with E-state index < -0.39 is 12.3 Å². The first-order chi connectivity index (χ1) is 6.50. The highest BCUT2D eigenvalue weighted by Crippen LogP contribution is 2.46. The number of thiazole rings is 1. The third kappa shape index (κ3) is 1.76. The van der Waals surface area contributed by atoms with Crippen molar-refractivity contribution < 1.29 is 18.3 Å². The molecule has 1 aliphatic rings. The normalized spacial score (nSPS) is 19.7. The molecule has 0 aromatic carbocycles. The van der Waals surface area contributed by atoms with Gasteiger partial charge in [0.05, 0.1) is 16.1 Å². The Morgan fingerprint density at radius 3 is 2.64 bits per heavy atom. The second kappa shape index (κ2) is 3.20. The Bertz CT molecular complexity index is 332. The standard InChI is InChI=1S/C8H8F3NOS/c9-8(10,11)7(13)6-5(4-1-2-4)12-3-14-6/h3-4,7,13H,1-2H2. The maximum Gasteiger partial charge on any atom is 0.419 e. The van der Waals surface area contributed by atoms with Gasteiger partial charge in [0.1, 0.15) is 0 Å². The molecule has 0 radical (unpaired) electrons. The Morgan fingerprint density at radius 1 is 1.50 bits per heavy atom. The van der Waals surface area contributed by atoms with E-state index in [-0.39, 0.29) is 10.8 Å². The lowest BCUT2D eigenvalue weighted by molar-refractivity contribution is -0.206. The van der Waals surface area contributed by atoms with Crippen molar-refractivity contribution in [3.8, 4) is 0 Å². The van der Waals surface area contributed by atoms with Crippen LogP contribution in [0.4, 0.5) is 13.2 Å². The van der Waals surface area contributed by atoms with E-state index in [2.05, 4.69) is 4.98 Å². The van der Waals surface area contributed by atoms with Crippen molar-refractivity contribution >= 4 is 11.3 Å². The van der Waals surface area contributed by atoms with E-state index in [1.807, 2.05) is 0 Å². The van der Waals surface area contributed by atoms with Crippen LogP contribution < -0.4 is 0 Å². The van der Waals surface area contributed by atoms with Crippen LogP contribution in [0.25, 0.3) is 0 Å². The van der Waals surface area contributed by atoms with Gasteiger partial charge in [-0.05, 0) is 12.8 Å². The molecule has 1 aromatic heterocycles. The predicted molar refractivity (Wildman–Crippen MR) is 45.1 cm³/mol. The van der Waals surface area contributed by atoms with Crippen LogP contribution >= 0.6 is 11.3 Å². The number of nitrogens with zero attached hydrogens (tertiary/aromatic N) is 1. The molecule has 1 fully saturated rings. The molecule has 1 aliphatic carbocycles. The van der Waals surface area contributed by atoms with E-state index in [9.17, 15) is 13.2 Å². The van der Waals surface area contributed by atoms with Gasteiger partial charge in [-0.3, -0.25) is 0 Å². The maximum atomic E-state index is 12.2. The van der Waals surface area contributed by atoms with Gasteiger partial charge in [-0.15, -0.1) is 11.3 Å². The van der Waals surface area contributed by atoms with Crippen molar-refractivity contribution in [1.82, 2.24) is 4.98 Å². The summed E-state index contributed by atoms with van der Waals surface area (Å²) < 4.78 is 36.6. The van der Waals surface area contributed by atoms with Gasteiger partial charge >= 0.3 is 6.18 Å². The van der Waals surface area contributed by atoms with Crippen LogP contribution in [0.15, 0.2) is 5.51 Å². The molecule has 6 heteroatoms. The fourth-order valence-electron chi connectivity index (χ4n) is 1.28. The highest BCUT2D eigenvalue weighted by molar-refractivity contribution is 7.09. The molecule has 2 rings (SSSR count). The summed E-state index contributed by atoms with van der Waals surface area (Å²) in [6, 6.07) is 0. The third-order valence-electron chi connectivity index (χ3n) is 2.15. The zero-order valence-corrected chi connectivity index (χ0v) is 7.90. The average Bonchev–Trinajstić information content (AvgIpc) is 2.81. The van der Waals surface area contributed by atoms with Crippen molar-refractivity contribution in [2.24, 2.45) is 0 Å². The van der Waals surface area contributed by atoms with Gasteiger partial charge < -0.3 is 5.11 Å². The Balaban J connectivity index is 2.26. The van der Waals surface area contributed by atoms with Gasteiger partial charge in [0.15, 0.2) is 6.10 Å². The van der Waals surface area contributed by atoms with Crippen molar-refractivity contribution in [2.75, 3.05) is 0 Å². The van der Waals surface area contributed by atoms with E-state index in [0.717, 1.165) is 24.2 Å². The molecular weight excluding hydrogens is 215 g/mol. The van der Waals surface area contributed by atoms with E-state index in [1.54, 1.807) is 0 Å². The van der Waals surface area contributed by atoms with Crippen LogP contribution in [-0.2, 0) is 0 Å². The molecule has 0 aliphatic heterocycles. The minimum atomic E-state index is -4.59. The second-order valence-corrected chi connectivity index (χ2v) is 4.21. The van der Waals surface area contributed by atoms with E-state index >= 15 is 0 Å². The summed E-state index contributed by atoms with van der Waals surface area (Å²) in [7, 11) is 0. The molecule has 1 N–H and O–H groups in total. The largest absolute Gasteiger partial charge is 0.419 e. The highest BCUT2D eigenvalue weighted by Gasteiger charge is 2.43. The molecule has 0 bridgehead atoms. The van der Waals surface area contributed by atoms with Gasteiger partial charge in [0, 0.05) is 5.92 Å². The van der Waals surface area contributed by atoms with E-state index in [0.29, 0.717) is 5.69 Å². The molecular formula is C8H8F3NOS. The molecule has 1 aromatic rings. The van der Waals surface area contributed by atoms with Crippen molar-refractivity contribution in [3.05, 3.63) is 16.1 Å². The summed E-state index contributed by atoms with van der Waals surface area (Å²) in [5.41, 5.74) is 1.79. The van der Waals surface area contributed by atoms with Gasteiger partial charge in [-0.2, -0.15) is 13.2 Å². The third-order valence-corrected chi connectivity index (χ3v) is 3.04. The lowest BCUT2D eigenvalue weighted by Crippen LogP contribution is -2.20. The van der Waals surface area contributed by atoms with Gasteiger partial charge in [-0.1, -0.05) is 0 Å². The molecule has 0 amide bonds. The average molecular weight is 223 g/mol. The highest BCUT2D eigenvalue weighted by atomic mass is 32.1. The zero-order chi connectivity index (χ0) is 10.3. The molecule has 1 heterocycles. The fraction of sp³-hybridized carbons (Fsp3) is 0.625. The van der Waals surface area contributed by atoms with Crippen molar-refractivity contribution in [1.29, 1.82) is 0 Å². The number of aliphatic hydroxyl groups is 1. The Kier molecular flexibility index (Phi) is 2.27. The van der Waals surface area contributed by atoms with Crippen LogP contribution in [0.2, 0.25) is 0 Å². The summed E-state index contributed by atoms with van der Waals surface area (Å²) >= 11 is 0.872. The fourth-order valence-corrected chi connectivity index (χ4v) is 2.16. The van der Waals surface area contributed by atoms with Crippen LogP contribution in [0, 0.1) is 0 Å². The molecule has 0 spiro atoms. The van der Waals surface area contributed by atoms with Crippen LogP contribution in [-0.4, -0.2) is 16.3 Å². The number of hydrogen-bond donors (Lipinski definition) is 1. The first kappa shape index (κ1) is 9.92. The smallest absolute Gasteiger partial charge is 0.379 e. The first-order valence-electron chi connectivity index (χ1n) is 4.18. The lowest BCUT2D eigenvalue weighted by Gasteiger charge is -2.13. The summed E-state index contributed by atoms with van der Waals surface area (Å²) in [5, 5.41) is 9.05. The topological polar surface area (TPSA) is 33.1 Å². The van der Waals surface area contributed by atoms with E-state index in [1.165, 1.54) is 5.51 Å². The Labute approximate surface area is 82.4 Å². The van der Waals surface area contributed by atoms with E-state index in [4.69, 9.17) is 5.11 Å². The van der Waals surface area contributed by atoms with Gasteiger partial charge in [0.2, 0.25) is 0 Å². The molecule has 1 atom stereocenters. The Hall–Kier alpha value is -0.620. The predicted octanol–water partition coefficient (Wildman–Crippen LogP) is 2.62. The van der Waals surface area contributed by atoms with Crippen LogP contribution in [0.5, 0.6) is 0 Å². The monoisotopic (exact) mass is 223 g/mol. The first-order valence-corrected chi connectivity index (χ1v) is 5.06. The van der Waals surface area contributed by atoms with Crippen LogP contribution in [0.3, 0.4) is 0 Å². The number of rotatable bonds is 2. The maximum absolute atomic E-state index is 12.2. The van der Waals surface area contributed by atoms with Gasteiger partial charge in [-0.25, -0.2) is 4.98 Å². The number of aromatic nitrogens is 1. The Morgan fingerprint density at radius 2 is 2.14 bits per heavy atom. The molecule has 1 unspecified atom stereocenters. The summed E-state index contributed by atoms with van der Waals surface area (Å²) in [4.78, 5) is 3.83. The number of halogens is 3. The quantitative estimate of drug-likeness (QED) is 0.836. The lowest BCUT2D eigenvalue weighted by atomic mass is 10.2. The summed E-state index contributed by atoms with van der Waals surface area (Å²) in [6.45, 7) is 0.